The van der Waals surface area contributed by atoms with E-state index in [9.17, 15) is 14.4 Å². The first-order chi connectivity index (χ1) is 7.91. The number of carbonyl (C=O) groups is 3. The lowest BCUT2D eigenvalue weighted by molar-refractivity contribution is -0.118. The monoisotopic (exact) mass is 258 g/mol. The highest BCUT2D eigenvalue weighted by Gasteiger charge is 2.48. The fraction of sp³-hybridized carbons (Fsp3) is 0.727. The minimum Gasteiger partial charge on any atom is -0.379 e. The van der Waals surface area contributed by atoms with E-state index in [2.05, 4.69) is 0 Å². The van der Waals surface area contributed by atoms with Crippen LogP contribution < -0.4 is 0 Å². The van der Waals surface area contributed by atoms with Gasteiger partial charge in [0.25, 0.3) is 8.07 Å². The smallest absolute Gasteiger partial charge is 0.280 e. The molecule has 6 heteroatoms. The number of carbonyl (C=O) groups excluding carboxylic acids is 3. The van der Waals surface area contributed by atoms with Gasteiger partial charge in [0.2, 0.25) is 0 Å². The van der Waals surface area contributed by atoms with Crippen LogP contribution in [-0.4, -0.2) is 50.2 Å². The van der Waals surface area contributed by atoms with Gasteiger partial charge < -0.3 is 23.9 Å². The van der Waals surface area contributed by atoms with Crippen molar-refractivity contribution in [3.05, 3.63) is 0 Å². The van der Waals surface area contributed by atoms with Crippen LogP contribution >= 0.6 is 0 Å². The van der Waals surface area contributed by atoms with Crippen molar-refractivity contribution in [2.75, 3.05) is 19.8 Å². The highest BCUT2D eigenvalue weighted by Crippen LogP contribution is 2.16. The second-order valence-corrected chi connectivity index (χ2v) is 8.78. The van der Waals surface area contributed by atoms with E-state index < -0.39 is 8.07 Å². The average Bonchev–Trinajstić information content (AvgIpc) is 2.99. The van der Waals surface area contributed by atoms with E-state index in [1.54, 1.807) is 0 Å². The Morgan fingerprint density at radius 2 is 1.65 bits per heavy atom. The molecule has 1 heterocycles. The summed E-state index contributed by atoms with van der Waals surface area (Å²) < 4.78 is 10.3. The van der Waals surface area contributed by atoms with Gasteiger partial charge in [-0.2, -0.15) is 0 Å². The van der Waals surface area contributed by atoms with E-state index in [1.165, 1.54) is 20.8 Å². The van der Waals surface area contributed by atoms with E-state index >= 15 is 0 Å². The molecule has 5 nitrogen and oxygen atoms in total. The van der Waals surface area contributed by atoms with Crippen molar-refractivity contribution in [3.63, 3.8) is 0 Å². The number of hydrogen-bond donors (Lipinski definition) is 0. The second-order valence-electron chi connectivity index (χ2n) is 4.35. The Morgan fingerprint density at radius 1 is 1.18 bits per heavy atom. The molecule has 0 saturated carbocycles. The van der Waals surface area contributed by atoms with Gasteiger partial charge in [-0.05, 0) is 26.8 Å². The highest BCUT2D eigenvalue weighted by molar-refractivity contribution is 7.40. The quantitative estimate of drug-likeness (QED) is 0.354. The fourth-order valence-corrected chi connectivity index (χ4v) is 4.87. The van der Waals surface area contributed by atoms with Gasteiger partial charge in [-0.15, -0.1) is 0 Å². The van der Waals surface area contributed by atoms with Crippen LogP contribution in [-0.2, 0) is 23.9 Å². The molecule has 0 radical (unpaired) electrons. The molecule has 0 aromatic rings. The van der Waals surface area contributed by atoms with Crippen LogP contribution in [0.25, 0.3) is 0 Å². The molecule has 1 unspecified atom stereocenters. The standard InChI is InChI=1S/C11H18O5Si/c1-8(12)17(9(2)13,10(3)14)5-4-15-6-11-7-16-11/h11H,4-7H2,1-3H3. The van der Waals surface area contributed by atoms with Gasteiger partial charge in [0.05, 0.1) is 13.2 Å². The van der Waals surface area contributed by atoms with Crippen LogP contribution in [0.4, 0.5) is 0 Å². The summed E-state index contributed by atoms with van der Waals surface area (Å²) in [6.07, 6.45) is 0.151. The lowest BCUT2D eigenvalue weighted by Crippen LogP contribution is -2.57. The Kier molecular flexibility index (Phi) is 4.73. The Hall–Kier alpha value is -0.853. The molecule has 17 heavy (non-hydrogen) atoms. The molecule has 1 rings (SSSR count). The first-order valence-corrected chi connectivity index (χ1v) is 7.84. The van der Waals surface area contributed by atoms with Crippen LogP contribution in [0.5, 0.6) is 0 Å². The van der Waals surface area contributed by atoms with Gasteiger partial charge in [0, 0.05) is 6.61 Å². The molecular formula is C11H18O5Si. The number of ether oxygens (including phenoxy) is 2. The third-order valence-electron chi connectivity index (χ3n) is 3.13. The molecule has 0 spiro atoms. The van der Waals surface area contributed by atoms with Gasteiger partial charge in [-0.25, -0.2) is 0 Å². The van der Waals surface area contributed by atoms with E-state index in [0.717, 1.165) is 0 Å². The summed E-state index contributed by atoms with van der Waals surface area (Å²) in [4.78, 5) is 34.9. The van der Waals surface area contributed by atoms with Crippen LogP contribution in [0.1, 0.15) is 20.8 Å². The Bertz CT molecular complexity index is 299. The molecule has 1 fully saturated rings. The zero-order valence-corrected chi connectivity index (χ0v) is 11.4. The Labute approximate surface area is 101 Å². The van der Waals surface area contributed by atoms with Crippen molar-refractivity contribution in [2.24, 2.45) is 0 Å². The number of epoxide rings is 1. The molecule has 1 aliphatic heterocycles. The largest absolute Gasteiger partial charge is 0.379 e. The molecule has 1 saturated heterocycles. The average molecular weight is 258 g/mol. The second kappa shape index (κ2) is 5.66. The Morgan fingerprint density at radius 3 is 2.00 bits per heavy atom. The van der Waals surface area contributed by atoms with E-state index in [-0.39, 0.29) is 35.0 Å². The summed E-state index contributed by atoms with van der Waals surface area (Å²) >= 11 is 0. The zero-order valence-electron chi connectivity index (χ0n) is 10.4. The SMILES string of the molecule is CC(=O)[Si](CCOCC1CO1)(C(C)=O)C(C)=O. The summed E-state index contributed by atoms with van der Waals surface area (Å²) in [6.45, 7) is 5.44. The van der Waals surface area contributed by atoms with Crippen LogP contribution in [0, 0.1) is 0 Å². The van der Waals surface area contributed by atoms with Gasteiger partial charge in [-0.1, -0.05) is 0 Å². The van der Waals surface area contributed by atoms with Crippen molar-refractivity contribution >= 4 is 24.3 Å². The van der Waals surface area contributed by atoms with Crippen molar-refractivity contribution in [3.8, 4) is 0 Å². The molecule has 0 aromatic heterocycles. The molecule has 0 aliphatic carbocycles. The van der Waals surface area contributed by atoms with Gasteiger partial charge in [0.1, 0.15) is 22.3 Å². The molecule has 0 bridgehead atoms. The summed E-state index contributed by atoms with van der Waals surface area (Å²) in [5, 5.41) is -0.823. The van der Waals surface area contributed by atoms with Crippen molar-refractivity contribution in [1.29, 1.82) is 0 Å². The van der Waals surface area contributed by atoms with Crippen molar-refractivity contribution < 1.29 is 23.9 Å². The molecule has 1 atom stereocenters. The third-order valence-corrected chi connectivity index (χ3v) is 7.69. The molecule has 0 amide bonds. The number of rotatable bonds is 8. The first kappa shape index (κ1) is 14.2. The third kappa shape index (κ3) is 3.30. The molecule has 96 valence electrons. The maximum Gasteiger partial charge on any atom is 0.280 e. The maximum atomic E-state index is 11.6. The highest BCUT2D eigenvalue weighted by atomic mass is 28.3. The zero-order chi connectivity index (χ0) is 13.1. The molecular weight excluding hydrogens is 240 g/mol. The summed E-state index contributed by atoms with van der Waals surface area (Å²) in [5.41, 5.74) is 0. The van der Waals surface area contributed by atoms with E-state index in [0.29, 0.717) is 13.2 Å². The van der Waals surface area contributed by atoms with E-state index in [1.807, 2.05) is 0 Å². The lowest BCUT2D eigenvalue weighted by atomic mass is 10.5. The maximum absolute atomic E-state index is 11.6. The molecule has 1 aliphatic rings. The van der Waals surface area contributed by atoms with E-state index in [4.69, 9.17) is 9.47 Å². The first-order valence-electron chi connectivity index (χ1n) is 5.63. The predicted octanol–water partition coefficient (Wildman–Crippen LogP) is 0.235. The predicted molar refractivity (Wildman–Crippen MR) is 63.2 cm³/mol. The molecule has 0 aromatic carbocycles. The van der Waals surface area contributed by atoms with Gasteiger partial charge in [0.15, 0.2) is 0 Å². The lowest BCUT2D eigenvalue weighted by Gasteiger charge is -2.22. The van der Waals surface area contributed by atoms with Crippen LogP contribution in [0.2, 0.25) is 6.04 Å². The molecule has 0 N–H and O–H groups in total. The summed E-state index contributed by atoms with van der Waals surface area (Å²) in [6, 6.07) is 0.250. The van der Waals surface area contributed by atoms with Crippen molar-refractivity contribution in [2.45, 2.75) is 32.9 Å². The Balaban J connectivity index is 2.57. The summed E-state index contributed by atoms with van der Waals surface area (Å²) in [5.74, 6) is 0. The number of hydrogen-bond acceptors (Lipinski definition) is 5. The van der Waals surface area contributed by atoms with Gasteiger partial charge >= 0.3 is 0 Å². The van der Waals surface area contributed by atoms with Crippen LogP contribution in [0.3, 0.4) is 0 Å². The topological polar surface area (TPSA) is 73.0 Å². The minimum atomic E-state index is -3.16. The summed E-state index contributed by atoms with van der Waals surface area (Å²) in [7, 11) is -3.16. The minimum absolute atomic E-state index is 0.151. The normalized spacial score (nSPS) is 18.9. The van der Waals surface area contributed by atoms with Crippen LogP contribution in [0.15, 0.2) is 0 Å². The van der Waals surface area contributed by atoms with Gasteiger partial charge in [-0.3, -0.25) is 0 Å². The van der Waals surface area contributed by atoms with Crippen molar-refractivity contribution in [1.82, 2.24) is 0 Å². The fourth-order valence-electron chi connectivity index (χ4n) is 1.88.